The summed E-state index contributed by atoms with van der Waals surface area (Å²) in [6.07, 6.45) is 3.24. The first-order chi connectivity index (χ1) is 9.65. The summed E-state index contributed by atoms with van der Waals surface area (Å²) in [6, 6.07) is 5.50. The van der Waals surface area contributed by atoms with Gasteiger partial charge < -0.3 is 14.8 Å². The molecule has 0 bridgehead atoms. The molecule has 0 fully saturated rings. The molecule has 0 saturated heterocycles. The lowest BCUT2D eigenvalue weighted by Crippen LogP contribution is -2.22. The van der Waals surface area contributed by atoms with Gasteiger partial charge in [-0.3, -0.25) is 9.59 Å². The Labute approximate surface area is 121 Å². The van der Waals surface area contributed by atoms with E-state index in [9.17, 15) is 9.59 Å². The van der Waals surface area contributed by atoms with E-state index in [1.165, 1.54) is 24.8 Å². The van der Waals surface area contributed by atoms with E-state index < -0.39 is 0 Å². The second-order valence-corrected chi connectivity index (χ2v) is 5.20. The molecule has 1 aromatic rings. The van der Waals surface area contributed by atoms with E-state index in [0.717, 1.165) is 11.3 Å². The number of thioether (sulfide) groups is 1. The first kappa shape index (κ1) is 14.5. The van der Waals surface area contributed by atoms with Crippen LogP contribution in [0.15, 0.2) is 24.3 Å². The van der Waals surface area contributed by atoms with Gasteiger partial charge in [0, 0.05) is 19.2 Å². The largest absolute Gasteiger partial charge is 0.454 e. The topological polar surface area (TPSA) is 64.6 Å². The SMILES string of the molecule is CC(=O)NCCSC(=O)/C=C/c1ccc2c(c1)OCO2. The standard InChI is InChI=1S/C14H15NO4S/c1-10(16)15-6-7-20-14(17)5-3-11-2-4-12-13(8-11)19-9-18-12/h2-5,8H,6-7,9H2,1H3,(H,15,16)/b5-3+. The smallest absolute Gasteiger partial charge is 0.231 e. The summed E-state index contributed by atoms with van der Waals surface area (Å²) in [5, 5.41) is 2.59. The second-order valence-electron chi connectivity index (χ2n) is 4.10. The van der Waals surface area contributed by atoms with Crippen LogP contribution in [0.3, 0.4) is 0 Å². The highest BCUT2D eigenvalue weighted by molar-refractivity contribution is 8.14. The maximum Gasteiger partial charge on any atom is 0.231 e. The average molecular weight is 293 g/mol. The third-order valence-electron chi connectivity index (χ3n) is 2.53. The number of ether oxygens (including phenoxy) is 2. The number of hydrogen-bond acceptors (Lipinski definition) is 5. The van der Waals surface area contributed by atoms with Crippen molar-refractivity contribution in [2.75, 3.05) is 19.1 Å². The van der Waals surface area contributed by atoms with E-state index in [0.29, 0.717) is 18.0 Å². The van der Waals surface area contributed by atoms with Crippen molar-refractivity contribution in [2.45, 2.75) is 6.92 Å². The van der Waals surface area contributed by atoms with E-state index in [4.69, 9.17) is 9.47 Å². The van der Waals surface area contributed by atoms with E-state index in [1.807, 2.05) is 18.2 Å². The molecule has 20 heavy (non-hydrogen) atoms. The third-order valence-corrected chi connectivity index (χ3v) is 3.36. The Bertz CT molecular complexity index is 542. The lowest BCUT2D eigenvalue weighted by molar-refractivity contribution is -0.118. The van der Waals surface area contributed by atoms with Crippen LogP contribution in [-0.4, -0.2) is 30.1 Å². The molecule has 1 heterocycles. The fourth-order valence-corrected chi connectivity index (χ4v) is 2.18. The lowest BCUT2D eigenvalue weighted by atomic mass is 10.2. The fourth-order valence-electron chi connectivity index (χ4n) is 1.61. The molecule has 0 aliphatic carbocycles. The molecule has 1 aliphatic heterocycles. The first-order valence-corrected chi connectivity index (χ1v) is 7.12. The van der Waals surface area contributed by atoms with Crippen molar-refractivity contribution in [3.05, 3.63) is 29.8 Å². The highest BCUT2D eigenvalue weighted by Gasteiger charge is 2.12. The molecular formula is C14H15NO4S. The van der Waals surface area contributed by atoms with E-state index in [1.54, 1.807) is 6.08 Å². The van der Waals surface area contributed by atoms with E-state index in [-0.39, 0.29) is 17.8 Å². The van der Waals surface area contributed by atoms with Gasteiger partial charge in [0.25, 0.3) is 0 Å². The zero-order chi connectivity index (χ0) is 14.4. The minimum atomic E-state index is -0.0889. The molecule has 0 aromatic heterocycles. The van der Waals surface area contributed by atoms with Crippen molar-refractivity contribution in [3.8, 4) is 11.5 Å². The van der Waals surface area contributed by atoms with Gasteiger partial charge in [-0.2, -0.15) is 0 Å². The maximum atomic E-state index is 11.6. The number of hydrogen-bond donors (Lipinski definition) is 1. The van der Waals surface area contributed by atoms with Crippen LogP contribution in [0, 0.1) is 0 Å². The number of carbonyl (C=O) groups excluding carboxylic acids is 2. The summed E-state index contributed by atoms with van der Waals surface area (Å²) < 4.78 is 10.5. The van der Waals surface area contributed by atoms with Gasteiger partial charge in [0.05, 0.1) is 0 Å². The first-order valence-electron chi connectivity index (χ1n) is 6.14. The van der Waals surface area contributed by atoms with Crippen molar-refractivity contribution in [1.29, 1.82) is 0 Å². The molecule has 2 rings (SSSR count). The number of fused-ring (bicyclic) bond motifs is 1. The minimum absolute atomic E-state index is 0.0481. The van der Waals surface area contributed by atoms with Crippen molar-refractivity contribution in [1.82, 2.24) is 5.32 Å². The molecule has 1 amide bonds. The van der Waals surface area contributed by atoms with Gasteiger partial charge in [-0.25, -0.2) is 0 Å². The van der Waals surface area contributed by atoms with Crippen molar-refractivity contribution >= 4 is 28.9 Å². The van der Waals surface area contributed by atoms with Crippen LogP contribution in [0.2, 0.25) is 0 Å². The normalized spacial score (nSPS) is 12.7. The average Bonchev–Trinajstić information content (AvgIpc) is 2.88. The van der Waals surface area contributed by atoms with Gasteiger partial charge in [-0.15, -0.1) is 0 Å². The zero-order valence-electron chi connectivity index (χ0n) is 11.0. The summed E-state index contributed by atoms with van der Waals surface area (Å²) in [5.41, 5.74) is 0.880. The van der Waals surface area contributed by atoms with Crippen LogP contribution in [0.25, 0.3) is 6.08 Å². The minimum Gasteiger partial charge on any atom is -0.454 e. The van der Waals surface area contributed by atoms with Crippen molar-refractivity contribution in [3.63, 3.8) is 0 Å². The maximum absolute atomic E-state index is 11.6. The quantitative estimate of drug-likeness (QED) is 0.663. The third kappa shape index (κ3) is 4.31. The molecule has 106 valence electrons. The Morgan fingerprint density at radius 2 is 2.15 bits per heavy atom. The van der Waals surface area contributed by atoms with Crippen LogP contribution >= 0.6 is 11.8 Å². The number of carbonyl (C=O) groups is 2. The number of benzene rings is 1. The summed E-state index contributed by atoms with van der Waals surface area (Å²) in [5.74, 6) is 1.88. The Morgan fingerprint density at radius 1 is 1.35 bits per heavy atom. The monoisotopic (exact) mass is 293 g/mol. The van der Waals surface area contributed by atoms with Crippen molar-refractivity contribution < 1.29 is 19.1 Å². The highest BCUT2D eigenvalue weighted by atomic mass is 32.2. The van der Waals surface area contributed by atoms with Gasteiger partial charge in [0.1, 0.15) is 0 Å². The molecule has 6 heteroatoms. The molecule has 0 radical (unpaired) electrons. The molecule has 1 N–H and O–H groups in total. The number of nitrogens with one attached hydrogen (secondary N) is 1. The molecule has 0 atom stereocenters. The summed E-state index contributed by atoms with van der Waals surface area (Å²) in [6.45, 7) is 2.18. The van der Waals surface area contributed by atoms with Crippen LogP contribution < -0.4 is 14.8 Å². The summed E-state index contributed by atoms with van der Waals surface area (Å²) in [7, 11) is 0. The van der Waals surface area contributed by atoms with Gasteiger partial charge >= 0.3 is 0 Å². The molecule has 0 unspecified atom stereocenters. The molecule has 0 spiro atoms. The van der Waals surface area contributed by atoms with Gasteiger partial charge in [-0.1, -0.05) is 23.9 Å². The molecule has 0 saturated carbocycles. The second kappa shape index (κ2) is 7.00. The van der Waals surface area contributed by atoms with E-state index >= 15 is 0 Å². The molecular weight excluding hydrogens is 278 g/mol. The molecule has 1 aliphatic rings. The van der Waals surface area contributed by atoms with Crippen LogP contribution in [-0.2, 0) is 9.59 Å². The summed E-state index contributed by atoms with van der Waals surface area (Å²) in [4.78, 5) is 22.3. The Morgan fingerprint density at radius 3 is 2.95 bits per heavy atom. The number of amides is 1. The summed E-state index contributed by atoms with van der Waals surface area (Å²) >= 11 is 1.17. The van der Waals surface area contributed by atoms with Crippen LogP contribution in [0.1, 0.15) is 12.5 Å². The van der Waals surface area contributed by atoms with Gasteiger partial charge in [-0.05, 0) is 23.8 Å². The predicted molar refractivity (Wildman–Crippen MR) is 77.7 cm³/mol. The van der Waals surface area contributed by atoms with Crippen LogP contribution in [0.5, 0.6) is 11.5 Å². The van der Waals surface area contributed by atoms with Gasteiger partial charge in [0.2, 0.25) is 17.8 Å². The highest BCUT2D eigenvalue weighted by Crippen LogP contribution is 2.32. The van der Waals surface area contributed by atoms with Crippen molar-refractivity contribution in [2.24, 2.45) is 0 Å². The van der Waals surface area contributed by atoms with Gasteiger partial charge in [0.15, 0.2) is 11.5 Å². The molecule has 1 aromatic carbocycles. The Balaban J connectivity index is 1.80. The lowest BCUT2D eigenvalue weighted by Gasteiger charge is -1.99. The Hall–Kier alpha value is -1.95. The van der Waals surface area contributed by atoms with E-state index in [2.05, 4.69) is 5.32 Å². The van der Waals surface area contributed by atoms with Crippen LogP contribution in [0.4, 0.5) is 0 Å². The number of rotatable bonds is 5. The Kier molecular flexibility index (Phi) is 5.06. The predicted octanol–water partition coefficient (Wildman–Crippen LogP) is 1.82. The zero-order valence-corrected chi connectivity index (χ0v) is 11.9. The fraction of sp³-hybridized carbons (Fsp3) is 0.286. The molecule has 5 nitrogen and oxygen atoms in total.